The fourth-order valence-electron chi connectivity index (χ4n) is 5.41. The van der Waals surface area contributed by atoms with Crippen LogP contribution in [0.3, 0.4) is 0 Å². The summed E-state index contributed by atoms with van der Waals surface area (Å²) in [5.74, 6) is -0.0622. The van der Waals surface area contributed by atoms with Gasteiger partial charge in [-0.3, -0.25) is 9.59 Å². The summed E-state index contributed by atoms with van der Waals surface area (Å²) in [4.78, 5) is 51.1. The minimum Gasteiger partial charge on any atom is -0.469 e. The highest BCUT2D eigenvalue weighted by Crippen LogP contribution is 2.40. The van der Waals surface area contributed by atoms with E-state index in [1.807, 2.05) is 13.8 Å². The lowest BCUT2D eigenvalue weighted by atomic mass is 9.80. The lowest BCUT2D eigenvalue weighted by Crippen LogP contribution is -2.55. The molecule has 0 aromatic rings. The topological polar surface area (TPSA) is 169 Å². The van der Waals surface area contributed by atoms with Crippen molar-refractivity contribution in [1.29, 1.82) is 0 Å². The van der Waals surface area contributed by atoms with Gasteiger partial charge < -0.3 is 49.1 Å². The molecule has 1 fully saturated rings. The number of carbonyl (C=O) groups excluding carboxylic acids is 4. The van der Waals surface area contributed by atoms with Crippen molar-refractivity contribution in [2.75, 3.05) is 66.5 Å². The summed E-state index contributed by atoms with van der Waals surface area (Å²) in [5.41, 5.74) is -0.761. The lowest BCUT2D eigenvalue weighted by Gasteiger charge is -2.37. The van der Waals surface area contributed by atoms with Crippen LogP contribution in [0.2, 0.25) is 0 Å². The summed E-state index contributed by atoms with van der Waals surface area (Å²) < 4.78 is 37.8. The van der Waals surface area contributed by atoms with Gasteiger partial charge in [0.05, 0.1) is 59.3 Å². The van der Waals surface area contributed by atoms with Gasteiger partial charge in [-0.05, 0) is 33.1 Å². The number of carbonyl (C=O) groups is 4. The second-order valence-electron chi connectivity index (χ2n) is 11.9. The summed E-state index contributed by atoms with van der Waals surface area (Å²) in [6, 6.07) is -1.18. The largest absolute Gasteiger partial charge is 0.469 e. The molecule has 0 saturated heterocycles. The van der Waals surface area contributed by atoms with Crippen LogP contribution in [0.5, 0.6) is 0 Å². The van der Waals surface area contributed by atoms with Gasteiger partial charge in [-0.2, -0.15) is 0 Å². The van der Waals surface area contributed by atoms with Crippen LogP contribution in [-0.2, 0) is 42.7 Å². The number of alkyl carbamates (subject to hydrolysis) is 2. The molecule has 1 aliphatic rings. The van der Waals surface area contributed by atoms with Crippen LogP contribution in [0.15, 0.2) is 0 Å². The molecule has 0 spiro atoms. The van der Waals surface area contributed by atoms with Gasteiger partial charge in [0, 0.05) is 31.5 Å². The van der Waals surface area contributed by atoms with Crippen LogP contribution in [0, 0.1) is 30.1 Å². The summed E-state index contributed by atoms with van der Waals surface area (Å²) in [6.07, 6.45) is 4.17. The lowest BCUT2D eigenvalue weighted by molar-refractivity contribution is -0.149. The van der Waals surface area contributed by atoms with Gasteiger partial charge in [0.2, 0.25) is 5.91 Å². The van der Waals surface area contributed by atoms with Crippen molar-refractivity contribution in [2.24, 2.45) is 17.8 Å². The third kappa shape index (κ3) is 15.9. The highest BCUT2D eigenvalue weighted by atomic mass is 16.6. The first-order valence-electron chi connectivity index (χ1n) is 15.9. The Morgan fingerprint density at radius 2 is 1.46 bits per heavy atom. The van der Waals surface area contributed by atoms with Crippen molar-refractivity contribution in [3.63, 3.8) is 0 Å². The second kappa shape index (κ2) is 22.4. The van der Waals surface area contributed by atoms with Gasteiger partial charge in [-0.15, -0.1) is 6.42 Å². The molecule has 0 bridgehead atoms. The minimum absolute atomic E-state index is 0.0301. The number of amides is 3. The molecule has 14 nitrogen and oxygen atoms in total. The van der Waals surface area contributed by atoms with E-state index in [4.69, 9.17) is 39.6 Å². The van der Waals surface area contributed by atoms with E-state index >= 15 is 0 Å². The number of ether oxygens (including phenoxy) is 7. The zero-order valence-corrected chi connectivity index (χ0v) is 28.5. The zero-order valence-electron chi connectivity index (χ0n) is 28.5. The first-order valence-corrected chi connectivity index (χ1v) is 15.9. The Morgan fingerprint density at radius 3 is 1.96 bits per heavy atom. The maximum atomic E-state index is 13.0. The van der Waals surface area contributed by atoms with Crippen LogP contribution in [-0.4, -0.2) is 114 Å². The van der Waals surface area contributed by atoms with Gasteiger partial charge >= 0.3 is 18.2 Å². The number of terminal acetylenes is 1. The Balaban J connectivity index is 2.83. The third-order valence-electron chi connectivity index (χ3n) is 7.36. The van der Waals surface area contributed by atoms with E-state index in [-0.39, 0.29) is 38.0 Å². The summed E-state index contributed by atoms with van der Waals surface area (Å²) >= 11 is 0. The molecule has 0 aromatic carbocycles. The van der Waals surface area contributed by atoms with Gasteiger partial charge in [-0.25, -0.2) is 9.59 Å². The van der Waals surface area contributed by atoms with Crippen LogP contribution in [0.4, 0.5) is 9.59 Å². The number of nitrogens with one attached hydrogen (secondary N) is 3. The third-order valence-corrected chi connectivity index (χ3v) is 7.36. The molecular weight excluding hydrogens is 602 g/mol. The summed E-state index contributed by atoms with van der Waals surface area (Å²) in [5, 5.41) is 8.52. The molecule has 46 heavy (non-hydrogen) atoms. The van der Waals surface area contributed by atoms with Gasteiger partial charge in [0.1, 0.15) is 18.3 Å². The van der Waals surface area contributed by atoms with Crippen molar-refractivity contribution < 1.29 is 52.3 Å². The number of esters is 1. The Labute approximate surface area is 273 Å². The van der Waals surface area contributed by atoms with Crippen molar-refractivity contribution >= 4 is 24.1 Å². The standard InChI is InChI=1S/C32H55N3O11/c1-9-13-41-15-17-43-19-20-44-18-16-42-14-12-33-30(38)45-28-24(29(37)40-8)21-25(35-31(39)46-32(5,6)7)26(28)27(34-22(4)36)23(10-2)11-3/h1,23-28H,10-21H2,2-8H3,(H,33,38)(H,34,36)(H,35,39)/t24-,25+,26+,27?,28+/m0/s1. The van der Waals surface area contributed by atoms with E-state index in [0.29, 0.717) is 52.5 Å². The SMILES string of the molecule is C#CCOCCOCCOCCOCCNC(=O)O[C@H]1[C@@H](C(NC(C)=O)C(CC)CC)[C@H](NC(=O)OC(C)(C)C)C[C@@H]1C(=O)OC. The zero-order chi connectivity index (χ0) is 34.5. The number of hydrogen-bond acceptors (Lipinski definition) is 11. The highest BCUT2D eigenvalue weighted by Gasteiger charge is 2.54. The first kappa shape index (κ1) is 40.9. The van der Waals surface area contributed by atoms with Crippen molar-refractivity contribution in [3.05, 3.63) is 0 Å². The van der Waals surface area contributed by atoms with Crippen LogP contribution >= 0.6 is 0 Å². The molecule has 0 aromatic heterocycles. The second-order valence-corrected chi connectivity index (χ2v) is 11.9. The van der Waals surface area contributed by atoms with Crippen molar-refractivity contribution in [1.82, 2.24) is 16.0 Å². The molecule has 1 unspecified atom stereocenters. The van der Waals surface area contributed by atoms with Gasteiger partial charge in [0.25, 0.3) is 0 Å². The van der Waals surface area contributed by atoms with E-state index in [1.54, 1.807) is 20.8 Å². The molecule has 1 saturated carbocycles. The molecule has 0 radical (unpaired) electrons. The predicted molar refractivity (Wildman–Crippen MR) is 169 cm³/mol. The Kier molecular flexibility index (Phi) is 19.9. The fourth-order valence-corrected chi connectivity index (χ4v) is 5.41. The maximum Gasteiger partial charge on any atom is 0.407 e. The molecule has 3 amide bonds. The number of hydrogen-bond donors (Lipinski definition) is 3. The Hall–Kier alpha value is -3.12. The molecule has 0 aliphatic heterocycles. The molecule has 264 valence electrons. The quantitative estimate of drug-likeness (QED) is 0.0717. The predicted octanol–water partition coefficient (Wildman–Crippen LogP) is 2.42. The number of rotatable bonds is 21. The molecule has 1 rings (SSSR count). The Morgan fingerprint density at radius 1 is 0.891 bits per heavy atom. The highest BCUT2D eigenvalue weighted by molar-refractivity contribution is 5.76. The van der Waals surface area contributed by atoms with Crippen molar-refractivity contribution in [2.45, 2.75) is 84.6 Å². The monoisotopic (exact) mass is 657 g/mol. The van der Waals surface area contributed by atoms with Crippen LogP contribution < -0.4 is 16.0 Å². The Bertz CT molecular complexity index is 962. The van der Waals surface area contributed by atoms with E-state index in [0.717, 1.165) is 0 Å². The first-order chi connectivity index (χ1) is 21.9. The van der Waals surface area contributed by atoms with Gasteiger partial charge in [-0.1, -0.05) is 32.6 Å². The van der Waals surface area contributed by atoms with E-state index in [2.05, 4.69) is 21.9 Å². The molecular formula is C32H55N3O11. The molecule has 1 aliphatic carbocycles. The average Bonchev–Trinajstić information content (AvgIpc) is 3.32. The van der Waals surface area contributed by atoms with Gasteiger partial charge in [0.15, 0.2) is 0 Å². The van der Waals surface area contributed by atoms with E-state index in [1.165, 1.54) is 14.0 Å². The van der Waals surface area contributed by atoms with E-state index < -0.39 is 53.8 Å². The molecule has 3 N–H and O–H groups in total. The van der Waals surface area contributed by atoms with Crippen LogP contribution in [0.25, 0.3) is 0 Å². The minimum atomic E-state index is -1.01. The average molecular weight is 658 g/mol. The summed E-state index contributed by atoms with van der Waals surface area (Å²) in [6.45, 7) is 13.5. The molecule has 5 atom stereocenters. The molecule has 14 heteroatoms. The normalized spacial score (nSPS) is 20.0. The van der Waals surface area contributed by atoms with Crippen LogP contribution in [0.1, 0.15) is 60.8 Å². The van der Waals surface area contributed by atoms with E-state index in [9.17, 15) is 19.2 Å². The molecule has 0 heterocycles. The summed E-state index contributed by atoms with van der Waals surface area (Å²) in [7, 11) is 1.25. The smallest absolute Gasteiger partial charge is 0.407 e. The maximum absolute atomic E-state index is 13.0. The van der Waals surface area contributed by atoms with Crippen molar-refractivity contribution in [3.8, 4) is 12.3 Å². The number of methoxy groups -OCH3 is 1. The fraction of sp³-hybridized carbons (Fsp3) is 0.812.